The SMILES string of the molecule is Cc1c(Cl)cccc1NC(=O)CNC(=O)c1ccc(COc2ccccc2)o1. The van der Waals surface area contributed by atoms with E-state index in [0.717, 1.165) is 5.56 Å². The van der Waals surface area contributed by atoms with E-state index in [0.29, 0.717) is 22.2 Å². The van der Waals surface area contributed by atoms with Crippen LogP contribution in [-0.4, -0.2) is 18.4 Å². The largest absolute Gasteiger partial charge is 0.486 e. The van der Waals surface area contributed by atoms with Gasteiger partial charge in [-0.25, -0.2) is 0 Å². The molecule has 6 nitrogen and oxygen atoms in total. The summed E-state index contributed by atoms with van der Waals surface area (Å²) in [4.78, 5) is 24.2. The Labute approximate surface area is 167 Å². The van der Waals surface area contributed by atoms with Crippen LogP contribution < -0.4 is 15.4 Å². The van der Waals surface area contributed by atoms with E-state index in [-0.39, 0.29) is 24.8 Å². The molecule has 0 aliphatic heterocycles. The van der Waals surface area contributed by atoms with Crippen molar-refractivity contribution in [1.29, 1.82) is 0 Å². The predicted octanol–water partition coefficient (Wildman–Crippen LogP) is 4.19. The first-order valence-electron chi connectivity index (χ1n) is 8.62. The van der Waals surface area contributed by atoms with Crippen molar-refractivity contribution >= 4 is 29.1 Å². The Morgan fingerprint density at radius 3 is 2.61 bits per heavy atom. The highest BCUT2D eigenvalue weighted by Crippen LogP contribution is 2.22. The molecule has 3 rings (SSSR count). The van der Waals surface area contributed by atoms with Gasteiger partial charge in [-0.3, -0.25) is 9.59 Å². The molecule has 1 aromatic heterocycles. The molecule has 0 radical (unpaired) electrons. The number of furan rings is 1. The highest BCUT2D eigenvalue weighted by Gasteiger charge is 2.13. The molecule has 2 aromatic carbocycles. The van der Waals surface area contributed by atoms with E-state index in [4.69, 9.17) is 20.8 Å². The summed E-state index contributed by atoms with van der Waals surface area (Å²) in [5.41, 5.74) is 1.36. The summed E-state index contributed by atoms with van der Waals surface area (Å²) in [6, 6.07) is 17.7. The molecule has 0 saturated carbocycles. The fourth-order valence-corrected chi connectivity index (χ4v) is 2.61. The van der Waals surface area contributed by atoms with Crippen molar-refractivity contribution in [2.75, 3.05) is 11.9 Å². The van der Waals surface area contributed by atoms with Crippen molar-refractivity contribution in [3.05, 3.63) is 82.8 Å². The van der Waals surface area contributed by atoms with Gasteiger partial charge in [-0.2, -0.15) is 0 Å². The number of anilines is 1. The second kappa shape index (κ2) is 9.10. The molecule has 0 unspecified atom stereocenters. The molecule has 0 atom stereocenters. The number of hydrogen-bond acceptors (Lipinski definition) is 4. The van der Waals surface area contributed by atoms with Crippen molar-refractivity contribution < 1.29 is 18.7 Å². The van der Waals surface area contributed by atoms with Gasteiger partial charge in [0.2, 0.25) is 5.91 Å². The average Bonchev–Trinajstić information content (AvgIpc) is 3.18. The predicted molar refractivity (Wildman–Crippen MR) is 107 cm³/mol. The Balaban J connectivity index is 1.49. The fraction of sp³-hybridized carbons (Fsp3) is 0.143. The topological polar surface area (TPSA) is 80.6 Å². The monoisotopic (exact) mass is 398 g/mol. The third-order valence-electron chi connectivity index (χ3n) is 3.96. The normalized spacial score (nSPS) is 10.4. The van der Waals surface area contributed by atoms with Crippen LogP contribution >= 0.6 is 11.6 Å². The summed E-state index contributed by atoms with van der Waals surface area (Å²) < 4.78 is 11.0. The summed E-state index contributed by atoms with van der Waals surface area (Å²) >= 11 is 6.03. The molecule has 0 bridgehead atoms. The van der Waals surface area contributed by atoms with Gasteiger partial charge in [0.25, 0.3) is 5.91 Å². The molecule has 0 aliphatic rings. The van der Waals surface area contributed by atoms with Crippen molar-refractivity contribution in [2.45, 2.75) is 13.5 Å². The lowest BCUT2D eigenvalue weighted by Gasteiger charge is -2.09. The molecular formula is C21H19ClN2O4. The lowest BCUT2D eigenvalue weighted by Crippen LogP contribution is -2.32. The Hall–Kier alpha value is -3.25. The van der Waals surface area contributed by atoms with Crippen LogP contribution in [0.3, 0.4) is 0 Å². The van der Waals surface area contributed by atoms with E-state index >= 15 is 0 Å². The number of nitrogens with one attached hydrogen (secondary N) is 2. The van der Waals surface area contributed by atoms with Crippen LogP contribution in [0.5, 0.6) is 5.75 Å². The van der Waals surface area contributed by atoms with Crippen molar-refractivity contribution in [3.8, 4) is 5.75 Å². The third-order valence-corrected chi connectivity index (χ3v) is 4.37. The van der Waals surface area contributed by atoms with Gasteiger partial charge in [0.05, 0.1) is 6.54 Å². The number of carbonyl (C=O) groups is 2. The van der Waals surface area contributed by atoms with E-state index < -0.39 is 5.91 Å². The number of halogens is 1. The van der Waals surface area contributed by atoms with E-state index in [2.05, 4.69) is 10.6 Å². The Morgan fingerprint density at radius 1 is 1.04 bits per heavy atom. The summed E-state index contributed by atoms with van der Waals surface area (Å²) in [5.74, 6) is 0.478. The molecule has 3 aromatic rings. The maximum Gasteiger partial charge on any atom is 0.287 e. The van der Waals surface area contributed by atoms with Gasteiger partial charge in [0.1, 0.15) is 18.1 Å². The van der Waals surface area contributed by atoms with Crippen molar-refractivity contribution in [1.82, 2.24) is 5.32 Å². The van der Waals surface area contributed by atoms with Gasteiger partial charge in [0, 0.05) is 10.7 Å². The minimum Gasteiger partial charge on any atom is -0.486 e. The molecule has 0 saturated heterocycles. The number of carbonyl (C=O) groups excluding carboxylic acids is 2. The lowest BCUT2D eigenvalue weighted by molar-refractivity contribution is -0.115. The summed E-state index contributed by atoms with van der Waals surface area (Å²) in [5, 5.41) is 5.79. The molecule has 2 N–H and O–H groups in total. The van der Waals surface area contributed by atoms with E-state index in [1.807, 2.05) is 30.3 Å². The Bertz CT molecular complexity index is 970. The molecule has 7 heteroatoms. The highest BCUT2D eigenvalue weighted by molar-refractivity contribution is 6.31. The van der Waals surface area contributed by atoms with Crippen LogP contribution in [0.4, 0.5) is 5.69 Å². The first kappa shape index (κ1) is 19.5. The number of amides is 2. The minimum atomic E-state index is -0.482. The standard InChI is InChI=1S/C21H19ClN2O4/c1-14-17(22)8-5-9-18(14)24-20(25)12-23-21(26)19-11-10-16(28-19)13-27-15-6-3-2-4-7-15/h2-11H,12-13H2,1H3,(H,23,26)(H,24,25). The van der Waals surface area contributed by atoms with E-state index in [1.165, 1.54) is 6.07 Å². The van der Waals surface area contributed by atoms with Gasteiger partial charge in [-0.15, -0.1) is 0 Å². The Morgan fingerprint density at radius 2 is 1.82 bits per heavy atom. The van der Waals surface area contributed by atoms with E-state index in [9.17, 15) is 9.59 Å². The van der Waals surface area contributed by atoms with Crippen LogP contribution in [0.2, 0.25) is 5.02 Å². The van der Waals surface area contributed by atoms with Crippen molar-refractivity contribution in [3.63, 3.8) is 0 Å². The fourth-order valence-electron chi connectivity index (χ4n) is 2.43. The molecule has 0 spiro atoms. The van der Waals surface area contributed by atoms with Crippen LogP contribution in [0.15, 0.2) is 65.1 Å². The molecule has 1 heterocycles. The first-order valence-corrected chi connectivity index (χ1v) is 9.00. The molecule has 28 heavy (non-hydrogen) atoms. The van der Waals surface area contributed by atoms with Crippen LogP contribution in [0.1, 0.15) is 21.9 Å². The minimum absolute atomic E-state index is 0.110. The zero-order valence-corrected chi connectivity index (χ0v) is 16.0. The molecular weight excluding hydrogens is 380 g/mol. The average molecular weight is 399 g/mol. The second-order valence-electron chi connectivity index (χ2n) is 6.01. The first-order chi connectivity index (χ1) is 13.5. The number of benzene rings is 2. The second-order valence-corrected chi connectivity index (χ2v) is 6.42. The maximum atomic E-state index is 12.2. The zero-order chi connectivity index (χ0) is 19.9. The maximum absolute atomic E-state index is 12.2. The van der Waals surface area contributed by atoms with Crippen LogP contribution in [-0.2, 0) is 11.4 Å². The molecule has 0 fully saturated rings. The number of para-hydroxylation sites is 1. The zero-order valence-electron chi connectivity index (χ0n) is 15.2. The van der Waals surface area contributed by atoms with Gasteiger partial charge in [-0.1, -0.05) is 35.9 Å². The summed E-state index contributed by atoms with van der Waals surface area (Å²) in [7, 11) is 0. The number of rotatable bonds is 7. The van der Waals surface area contributed by atoms with Gasteiger partial charge >= 0.3 is 0 Å². The quantitative estimate of drug-likeness (QED) is 0.625. The number of ether oxygens (including phenoxy) is 1. The lowest BCUT2D eigenvalue weighted by atomic mass is 10.2. The molecule has 0 aliphatic carbocycles. The van der Waals surface area contributed by atoms with Crippen LogP contribution in [0, 0.1) is 6.92 Å². The van der Waals surface area contributed by atoms with Gasteiger partial charge in [0.15, 0.2) is 5.76 Å². The molecule has 144 valence electrons. The van der Waals surface area contributed by atoms with Gasteiger partial charge < -0.3 is 19.8 Å². The highest BCUT2D eigenvalue weighted by atomic mass is 35.5. The summed E-state index contributed by atoms with van der Waals surface area (Å²) in [6.45, 7) is 1.81. The van der Waals surface area contributed by atoms with Crippen LogP contribution in [0.25, 0.3) is 0 Å². The molecule has 2 amide bonds. The van der Waals surface area contributed by atoms with Crippen molar-refractivity contribution in [2.24, 2.45) is 0 Å². The van der Waals surface area contributed by atoms with Gasteiger partial charge in [-0.05, 0) is 48.9 Å². The van der Waals surface area contributed by atoms with E-state index in [1.54, 1.807) is 31.2 Å². The summed E-state index contributed by atoms with van der Waals surface area (Å²) in [6.07, 6.45) is 0. The smallest absolute Gasteiger partial charge is 0.287 e. The third kappa shape index (κ3) is 5.14. The Kier molecular flexibility index (Phi) is 6.34. The number of hydrogen-bond donors (Lipinski definition) is 2.